The third kappa shape index (κ3) is 2.68. The predicted molar refractivity (Wildman–Crippen MR) is 52.4 cm³/mol. The molecule has 0 atom stereocenters. The SMILES string of the molecule is CC(=O)NC(=O)c1nc(Cl)ccc1Cl. The van der Waals surface area contributed by atoms with Gasteiger partial charge in [0.05, 0.1) is 5.02 Å². The fourth-order valence-corrected chi connectivity index (χ4v) is 1.14. The van der Waals surface area contributed by atoms with Gasteiger partial charge in [0.1, 0.15) is 10.8 Å². The lowest BCUT2D eigenvalue weighted by Gasteiger charge is -2.02. The van der Waals surface area contributed by atoms with Gasteiger partial charge in [0.2, 0.25) is 5.91 Å². The van der Waals surface area contributed by atoms with Crippen LogP contribution in [0.3, 0.4) is 0 Å². The molecule has 14 heavy (non-hydrogen) atoms. The molecule has 0 spiro atoms. The number of halogens is 2. The number of carbonyl (C=O) groups is 2. The first-order chi connectivity index (χ1) is 6.50. The van der Waals surface area contributed by atoms with Crippen molar-refractivity contribution in [1.82, 2.24) is 10.3 Å². The zero-order valence-corrected chi connectivity index (χ0v) is 8.69. The minimum absolute atomic E-state index is 0.0608. The van der Waals surface area contributed by atoms with Crippen molar-refractivity contribution < 1.29 is 9.59 Å². The van der Waals surface area contributed by atoms with Crippen LogP contribution >= 0.6 is 23.2 Å². The molecule has 1 aromatic heterocycles. The highest BCUT2D eigenvalue weighted by Gasteiger charge is 2.13. The highest BCUT2D eigenvalue weighted by atomic mass is 35.5. The second-order valence-electron chi connectivity index (χ2n) is 2.47. The number of aromatic nitrogens is 1. The molecule has 0 saturated heterocycles. The Balaban J connectivity index is 3.00. The quantitative estimate of drug-likeness (QED) is 0.750. The number of pyridine rings is 1. The van der Waals surface area contributed by atoms with Crippen LogP contribution in [0, 0.1) is 0 Å². The van der Waals surface area contributed by atoms with Crippen molar-refractivity contribution in [2.24, 2.45) is 0 Å². The molecule has 6 heteroatoms. The minimum Gasteiger partial charge on any atom is -0.291 e. The summed E-state index contributed by atoms with van der Waals surface area (Å²) in [5.74, 6) is -1.14. The van der Waals surface area contributed by atoms with E-state index in [1.165, 1.54) is 19.1 Å². The Labute approximate surface area is 90.2 Å². The molecular formula is C8H6Cl2N2O2. The fourth-order valence-electron chi connectivity index (χ4n) is 0.797. The topological polar surface area (TPSA) is 59.1 Å². The van der Waals surface area contributed by atoms with E-state index in [0.29, 0.717) is 0 Å². The maximum atomic E-state index is 11.3. The molecule has 0 aliphatic heterocycles. The maximum Gasteiger partial charge on any atom is 0.278 e. The second-order valence-corrected chi connectivity index (χ2v) is 3.27. The van der Waals surface area contributed by atoms with E-state index < -0.39 is 11.8 Å². The van der Waals surface area contributed by atoms with Gasteiger partial charge in [-0.1, -0.05) is 23.2 Å². The van der Waals surface area contributed by atoms with E-state index >= 15 is 0 Å². The van der Waals surface area contributed by atoms with Gasteiger partial charge < -0.3 is 0 Å². The van der Waals surface area contributed by atoms with E-state index in [1.54, 1.807) is 0 Å². The summed E-state index contributed by atoms with van der Waals surface area (Å²) in [4.78, 5) is 25.6. The molecule has 0 saturated carbocycles. The average molecular weight is 233 g/mol. The van der Waals surface area contributed by atoms with E-state index in [4.69, 9.17) is 23.2 Å². The van der Waals surface area contributed by atoms with Crippen molar-refractivity contribution in [3.63, 3.8) is 0 Å². The molecule has 0 unspecified atom stereocenters. The molecular weight excluding hydrogens is 227 g/mol. The van der Waals surface area contributed by atoms with E-state index in [2.05, 4.69) is 4.98 Å². The fraction of sp³-hybridized carbons (Fsp3) is 0.125. The van der Waals surface area contributed by atoms with Gasteiger partial charge in [0, 0.05) is 6.92 Å². The number of hydrogen-bond acceptors (Lipinski definition) is 3. The highest BCUT2D eigenvalue weighted by Crippen LogP contribution is 2.16. The number of nitrogens with one attached hydrogen (secondary N) is 1. The number of amides is 2. The van der Waals surface area contributed by atoms with Crippen molar-refractivity contribution in [2.45, 2.75) is 6.92 Å². The second kappa shape index (κ2) is 4.39. The molecule has 1 N–H and O–H groups in total. The van der Waals surface area contributed by atoms with Crippen molar-refractivity contribution in [3.8, 4) is 0 Å². The normalized spacial score (nSPS) is 9.64. The molecule has 1 aromatic rings. The zero-order valence-electron chi connectivity index (χ0n) is 7.17. The molecule has 0 aliphatic carbocycles. The predicted octanol–water partition coefficient (Wildman–Crippen LogP) is 1.66. The van der Waals surface area contributed by atoms with Gasteiger partial charge in [0.25, 0.3) is 5.91 Å². The number of imide groups is 1. The van der Waals surface area contributed by atoms with E-state index in [9.17, 15) is 9.59 Å². The number of rotatable bonds is 1. The summed E-state index contributed by atoms with van der Waals surface area (Å²) in [6.07, 6.45) is 0. The van der Waals surface area contributed by atoms with Crippen molar-refractivity contribution in [3.05, 3.63) is 28.0 Å². The standard InChI is InChI=1S/C8H6Cl2N2O2/c1-4(13)11-8(14)7-5(9)2-3-6(10)12-7/h2-3H,1H3,(H,11,13,14). The summed E-state index contributed by atoms with van der Waals surface area (Å²) in [5.41, 5.74) is -0.0608. The zero-order chi connectivity index (χ0) is 10.7. The summed E-state index contributed by atoms with van der Waals surface area (Å²) < 4.78 is 0. The van der Waals surface area contributed by atoms with Crippen molar-refractivity contribution in [1.29, 1.82) is 0 Å². The van der Waals surface area contributed by atoms with Gasteiger partial charge in [-0.3, -0.25) is 14.9 Å². The van der Waals surface area contributed by atoms with Crippen LogP contribution in [0.25, 0.3) is 0 Å². The average Bonchev–Trinajstić information content (AvgIpc) is 2.08. The Hall–Kier alpha value is -1.13. The van der Waals surface area contributed by atoms with Crippen molar-refractivity contribution in [2.75, 3.05) is 0 Å². The van der Waals surface area contributed by atoms with Crippen LogP contribution in [0.15, 0.2) is 12.1 Å². The van der Waals surface area contributed by atoms with Gasteiger partial charge in [-0.15, -0.1) is 0 Å². The van der Waals surface area contributed by atoms with E-state index in [1.807, 2.05) is 5.32 Å². The first kappa shape index (κ1) is 10.9. The summed E-state index contributed by atoms with van der Waals surface area (Å²) >= 11 is 11.2. The Kier molecular flexibility index (Phi) is 3.43. The van der Waals surface area contributed by atoms with E-state index in [0.717, 1.165) is 0 Å². The number of carbonyl (C=O) groups excluding carboxylic acids is 2. The lowest BCUT2D eigenvalue weighted by molar-refractivity contribution is -0.118. The maximum absolute atomic E-state index is 11.3. The molecule has 74 valence electrons. The smallest absolute Gasteiger partial charge is 0.278 e. The summed E-state index contributed by atoms with van der Waals surface area (Å²) in [6.45, 7) is 1.22. The van der Waals surface area contributed by atoms with Crippen LogP contribution < -0.4 is 5.32 Å². The molecule has 0 fully saturated rings. The number of nitrogens with zero attached hydrogens (tertiary/aromatic N) is 1. The lowest BCUT2D eigenvalue weighted by Crippen LogP contribution is -2.28. The molecule has 2 amide bonds. The van der Waals surface area contributed by atoms with Gasteiger partial charge in [-0.05, 0) is 12.1 Å². The first-order valence-electron chi connectivity index (χ1n) is 3.64. The summed E-state index contributed by atoms with van der Waals surface area (Å²) in [6, 6.07) is 2.89. The Morgan fingerprint density at radius 1 is 1.36 bits per heavy atom. The minimum atomic E-state index is -0.662. The number of hydrogen-bond donors (Lipinski definition) is 1. The molecule has 0 radical (unpaired) electrons. The first-order valence-corrected chi connectivity index (χ1v) is 4.40. The Morgan fingerprint density at radius 2 is 2.00 bits per heavy atom. The van der Waals surface area contributed by atoms with Crippen LogP contribution in [-0.2, 0) is 4.79 Å². The third-order valence-electron chi connectivity index (χ3n) is 1.32. The van der Waals surface area contributed by atoms with Crippen LogP contribution in [0.1, 0.15) is 17.4 Å². The molecule has 4 nitrogen and oxygen atoms in total. The largest absolute Gasteiger partial charge is 0.291 e. The van der Waals surface area contributed by atoms with Crippen LogP contribution in [-0.4, -0.2) is 16.8 Å². The summed E-state index contributed by atoms with van der Waals surface area (Å²) in [5, 5.41) is 2.33. The molecule has 0 bridgehead atoms. The molecule has 1 heterocycles. The highest BCUT2D eigenvalue weighted by molar-refractivity contribution is 6.35. The van der Waals surface area contributed by atoms with Crippen LogP contribution in [0.2, 0.25) is 10.2 Å². The van der Waals surface area contributed by atoms with Gasteiger partial charge in [0.15, 0.2) is 0 Å². The van der Waals surface area contributed by atoms with E-state index in [-0.39, 0.29) is 15.9 Å². The Bertz CT molecular complexity index is 393. The monoisotopic (exact) mass is 232 g/mol. The van der Waals surface area contributed by atoms with Crippen molar-refractivity contribution >= 4 is 35.0 Å². The van der Waals surface area contributed by atoms with Crippen LogP contribution in [0.5, 0.6) is 0 Å². The molecule has 1 rings (SSSR count). The molecule has 0 aliphatic rings. The van der Waals surface area contributed by atoms with Gasteiger partial charge in [-0.2, -0.15) is 0 Å². The lowest BCUT2D eigenvalue weighted by atomic mass is 10.3. The Morgan fingerprint density at radius 3 is 2.57 bits per heavy atom. The van der Waals surface area contributed by atoms with Gasteiger partial charge in [-0.25, -0.2) is 4.98 Å². The molecule has 0 aromatic carbocycles. The summed E-state index contributed by atoms with van der Waals surface area (Å²) in [7, 11) is 0. The van der Waals surface area contributed by atoms with Crippen LogP contribution in [0.4, 0.5) is 0 Å². The van der Waals surface area contributed by atoms with Gasteiger partial charge >= 0.3 is 0 Å². The third-order valence-corrected chi connectivity index (χ3v) is 1.83.